The third kappa shape index (κ3) is 4.03. The summed E-state index contributed by atoms with van der Waals surface area (Å²) in [5.41, 5.74) is 6.88. The molecule has 1 aromatic rings. The summed E-state index contributed by atoms with van der Waals surface area (Å²) in [4.78, 5) is 0. The van der Waals surface area contributed by atoms with E-state index in [9.17, 15) is 8.42 Å². The Labute approximate surface area is 127 Å². The highest BCUT2D eigenvalue weighted by atomic mass is 32.2. The molecule has 1 atom stereocenters. The molecule has 5 nitrogen and oxygen atoms in total. The molecule has 6 heteroatoms. The zero-order valence-electron chi connectivity index (χ0n) is 12.6. The zero-order valence-corrected chi connectivity index (χ0v) is 13.4. The van der Waals surface area contributed by atoms with E-state index in [1.54, 1.807) is 11.4 Å². The van der Waals surface area contributed by atoms with E-state index in [1.165, 1.54) is 4.31 Å². The highest BCUT2D eigenvalue weighted by Crippen LogP contribution is 2.21. The van der Waals surface area contributed by atoms with E-state index in [0.717, 1.165) is 31.2 Å². The number of hydrogen-bond donors (Lipinski definition) is 1. The molecule has 0 radical (unpaired) electrons. The van der Waals surface area contributed by atoms with Crippen LogP contribution >= 0.6 is 0 Å². The second-order valence-electron chi connectivity index (χ2n) is 5.56. The zero-order chi connectivity index (χ0) is 15.3. The number of nitrogens with two attached hydrogens (primary N) is 1. The second-order valence-corrected chi connectivity index (χ2v) is 7.55. The first-order valence-corrected chi connectivity index (χ1v) is 8.92. The van der Waals surface area contributed by atoms with E-state index in [0.29, 0.717) is 19.6 Å². The van der Waals surface area contributed by atoms with Gasteiger partial charge in [-0.1, -0.05) is 36.8 Å². The van der Waals surface area contributed by atoms with Crippen molar-refractivity contribution >= 4 is 10.2 Å². The maximum Gasteiger partial charge on any atom is 0.282 e. The predicted octanol–water partition coefficient (Wildman–Crippen LogP) is 1.22. The molecule has 2 rings (SSSR count). The van der Waals surface area contributed by atoms with Crippen LogP contribution in [0, 0.1) is 0 Å². The van der Waals surface area contributed by atoms with Crippen molar-refractivity contribution in [1.29, 1.82) is 0 Å². The van der Waals surface area contributed by atoms with Crippen LogP contribution in [0.1, 0.15) is 24.8 Å². The molecular weight excluding hydrogens is 286 g/mol. The van der Waals surface area contributed by atoms with E-state index in [1.807, 2.05) is 30.3 Å². The van der Waals surface area contributed by atoms with Crippen LogP contribution in [0.3, 0.4) is 0 Å². The third-order valence-corrected chi connectivity index (χ3v) is 6.14. The van der Waals surface area contributed by atoms with Crippen molar-refractivity contribution in [2.45, 2.75) is 31.7 Å². The summed E-state index contributed by atoms with van der Waals surface area (Å²) < 4.78 is 28.4. The maximum atomic E-state index is 12.7. The topological polar surface area (TPSA) is 66.6 Å². The van der Waals surface area contributed by atoms with Crippen LogP contribution < -0.4 is 5.73 Å². The van der Waals surface area contributed by atoms with Gasteiger partial charge < -0.3 is 5.73 Å². The lowest BCUT2D eigenvalue weighted by Crippen LogP contribution is -2.52. The van der Waals surface area contributed by atoms with Crippen LogP contribution in [-0.4, -0.2) is 49.8 Å². The number of rotatable bonds is 6. The van der Waals surface area contributed by atoms with Crippen molar-refractivity contribution in [1.82, 2.24) is 8.61 Å². The van der Waals surface area contributed by atoms with Crippen LogP contribution in [0.5, 0.6) is 0 Å². The van der Waals surface area contributed by atoms with Crippen LogP contribution in [0.2, 0.25) is 0 Å². The average Bonchev–Trinajstić information content (AvgIpc) is 2.53. The minimum absolute atomic E-state index is 0.0528. The van der Waals surface area contributed by atoms with Crippen molar-refractivity contribution in [2.75, 3.05) is 26.7 Å². The van der Waals surface area contributed by atoms with Crippen LogP contribution in [0.15, 0.2) is 30.3 Å². The highest BCUT2D eigenvalue weighted by Gasteiger charge is 2.33. The molecule has 0 bridgehead atoms. The standard InChI is InChI=1S/C15H25N3O2S/c1-17(12-10-14-7-3-2-4-8-14)21(19,20)18-11-6-5-9-15(18)13-16/h2-4,7-8,15H,5-6,9-13,16H2,1H3. The second kappa shape index (κ2) is 7.35. The summed E-state index contributed by atoms with van der Waals surface area (Å²) in [6, 6.07) is 9.89. The first-order chi connectivity index (χ1) is 10.1. The monoisotopic (exact) mass is 311 g/mol. The molecular formula is C15H25N3O2S. The van der Waals surface area contributed by atoms with Crippen LogP contribution in [0.25, 0.3) is 0 Å². The van der Waals surface area contributed by atoms with Gasteiger partial charge >= 0.3 is 0 Å². The van der Waals surface area contributed by atoms with Crippen molar-refractivity contribution < 1.29 is 8.42 Å². The van der Waals surface area contributed by atoms with Gasteiger partial charge in [0, 0.05) is 32.7 Å². The van der Waals surface area contributed by atoms with Gasteiger partial charge in [-0.25, -0.2) is 0 Å². The molecule has 0 spiro atoms. The number of piperidine rings is 1. The Balaban J connectivity index is 2.00. The van der Waals surface area contributed by atoms with Gasteiger partial charge in [-0.3, -0.25) is 0 Å². The Bertz CT molecular complexity index is 533. The van der Waals surface area contributed by atoms with E-state index >= 15 is 0 Å². The van der Waals surface area contributed by atoms with Gasteiger partial charge in [-0.05, 0) is 24.8 Å². The van der Waals surface area contributed by atoms with Gasteiger partial charge in [0.05, 0.1) is 0 Å². The lowest BCUT2D eigenvalue weighted by atomic mass is 10.1. The van der Waals surface area contributed by atoms with E-state index in [2.05, 4.69) is 0 Å². The fourth-order valence-electron chi connectivity index (χ4n) is 2.74. The van der Waals surface area contributed by atoms with Gasteiger partial charge in [0.1, 0.15) is 0 Å². The van der Waals surface area contributed by atoms with Crippen LogP contribution in [-0.2, 0) is 16.6 Å². The smallest absolute Gasteiger partial charge is 0.282 e. The normalized spacial score (nSPS) is 20.8. The average molecular weight is 311 g/mol. The predicted molar refractivity (Wildman–Crippen MR) is 85.1 cm³/mol. The Morgan fingerprint density at radius 3 is 2.67 bits per heavy atom. The molecule has 0 aromatic heterocycles. The molecule has 118 valence electrons. The highest BCUT2D eigenvalue weighted by molar-refractivity contribution is 7.86. The number of benzene rings is 1. The minimum atomic E-state index is -3.41. The summed E-state index contributed by atoms with van der Waals surface area (Å²) in [6.07, 6.45) is 3.56. The van der Waals surface area contributed by atoms with Crippen molar-refractivity contribution in [3.63, 3.8) is 0 Å². The van der Waals surface area contributed by atoms with Gasteiger partial charge in [-0.2, -0.15) is 17.0 Å². The van der Waals surface area contributed by atoms with E-state index < -0.39 is 10.2 Å². The molecule has 21 heavy (non-hydrogen) atoms. The quantitative estimate of drug-likeness (QED) is 0.859. The molecule has 0 saturated carbocycles. The molecule has 1 aliphatic rings. The SMILES string of the molecule is CN(CCc1ccccc1)S(=O)(=O)N1CCCCC1CN. The Hall–Kier alpha value is -0.950. The number of hydrogen-bond acceptors (Lipinski definition) is 3. The summed E-state index contributed by atoms with van der Waals surface area (Å²) in [6.45, 7) is 1.46. The summed E-state index contributed by atoms with van der Waals surface area (Å²) in [7, 11) is -1.75. The molecule has 1 aromatic carbocycles. The molecule has 1 saturated heterocycles. The minimum Gasteiger partial charge on any atom is -0.329 e. The van der Waals surface area contributed by atoms with E-state index in [4.69, 9.17) is 5.73 Å². The maximum absolute atomic E-state index is 12.7. The fourth-order valence-corrected chi connectivity index (χ4v) is 4.35. The molecule has 0 aliphatic carbocycles. The van der Waals surface area contributed by atoms with Crippen molar-refractivity contribution in [3.05, 3.63) is 35.9 Å². The molecule has 1 fully saturated rings. The Morgan fingerprint density at radius 1 is 1.29 bits per heavy atom. The number of likely N-dealkylation sites (N-methyl/N-ethyl adjacent to an activating group) is 1. The lowest BCUT2D eigenvalue weighted by Gasteiger charge is -2.36. The lowest BCUT2D eigenvalue weighted by molar-refractivity contribution is 0.241. The molecule has 0 amide bonds. The fraction of sp³-hybridized carbons (Fsp3) is 0.600. The van der Waals surface area contributed by atoms with Crippen molar-refractivity contribution in [2.24, 2.45) is 5.73 Å². The van der Waals surface area contributed by atoms with Gasteiger partial charge in [0.15, 0.2) is 0 Å². The first kappa shape index (κ1) is 16.4. The van der Waals surface area contributed by atoms with E-state index in [-0.39, 0.29) is 6.04 Å². The number of nitrogens with zero attached hydrogens (tertiary/aromatic N) is 2. The first-order valence-electron chi connectivity index (χ1n) is 7.53. The molecule has 1 heterocycles. The third-order valence-electron chi connectivity index (χ3n) is 4.09. The largest absolute Gasteiger partial charge is 0.329 e. The summed E-state index contributed by atoms with van der Waals surface area (Å²) >= 11 is 0. The van der Waals surface area contributed by atoms with Crippen LogP contribution in [0.4, 0.5) is 0 Å². The van der Waals surface area contributed by atoms with Gasteiger partial charge in [0.2, 0.25) is 0 Å². The molecule has 1 aliphatic heterocycles. The molecule has 1 unspecified atom stereocenters. The molecule has 2 N–H and O–H groups in total. The Morgan fingerprint density at radius 2 is 2.00 bits per heavy atom. The Kier molecular flexibility index (Phi) is 5.75. The summed E-state index contributed by atoms with van der Waals surface area (Å²) in [5, 5.41) is 0. The van der Waals surface area contributed by atoms with Gasteiger partial charge in [0.25, 0.3) is 10.2 Å². The summed E-state index contributed by atoms with van der Waals surface area (Å²) in [5.74, 6) is 0. The van der Waals surface area contributed by atoms with Crippen molar-refractivity contribution in [3.8, 4) is 0 Å². The van der Waals surface area contributed by atoms with Gasteiger partial charge in [-0.15, -0.1) is 0 Å².